The summed E-state index contributed by atoms with van der Waals surface area (Å²) >= 11 is 0. The lowest BCUT2D eigenvalue weighted by Crippen LogP contribution is -2.38. The number of aromatic nitrogens is 2. The largest absolute Gasteiger partial charge is 0.352 e. The Hall–Kier alpha value is -2.37. The number of hydrogen-bond acceptors (Lipinski definition) is 3. The molecule has 0 bridgehead atoms. The zero-order valence-electron chi connectivity index (χ0n) is 10.3. The summed E-state index contributed by atoms with van der Waals surface area (Å²) in [5, 5.41) is 5.65. The number of imidazole rings is 1. The second-order valence-corrected chi connectivity index (χ2v) is 4.65. The highest BCUT2D eigenvalue weighted by molar-refractivity contribution is 5.97. The fraction of sp³-hybridized carbons (Fsp3) is 0.308. The van der Waals surface area contributed by atoms with Crippen molar-refractivity contribution in [2.24, 2.45) is 0 Å². The van der Waals surface area contributed by atoms with Crippen molar-refractivity contribution in [3.8, 4) is 0 Å². The van der Waals surface area contributed by atoms with Crippen molar-refractivity contribution < 1.29 is 9.59 Å². The molecule has 1 fully saturated rings. The number of rotatable bonds is 3. The van der Waals surface area contributed by atoms with Crippen LogP contribution in [0.3, 0.4) is 0 Å². The molecule has 0 aliphatic carbocycles. The maximum Gasteiger partial charge on any atom is 0.251 e. The van der Waals surface area contributed by atoms with E-state index in [9.17, 15) is 9.59 Å². The van der Waals surface area contributed by atoms with Crippen molar-refractivity contribution in [3.63, 3.8) is 0 Å². The van der Waals surface area contributed by atoms with Crippen LogP contribution in [0.25, 0.3) is 11.0 Å². The van der Waals surface area contributed by atoms with Crippen molar-refractivity contribution in [2.45, 2.75) is 18.9 Å². The van der Waals surface area contributed by atoms with Crippen molar-refractivity contribution in [1.82, 2.24) is 20.6 Å². The summed E-state index contributed by atoms with van der Waals surface area (Å²) in [5.41, 5.74) is 2.25. The number of amides is 2. The van der Waals surface area contributed by atoms with Crippen LogP contribution in [0.4, 0.5) is 0 Å². The Morgan fingerprint density at radius 1 is 1.47 bits per heavy atom. The lowest BCUT2D eigenvalue weighted by molar-refractivity contribution is -0.119. The van der Waals surface area contributed by atoms with Gasteiger partial charge in [-0.2, -0.15) is 0 Å². The highest BCUT2D eigenvalue weighted by Crippen LogP contribution is 2.11. The van der Waals surface area contributed by atoms with Crippen LogP contribution >= 0.6 is 0 Å². The Morgan fingerprint density at radius 3 is 3.16 bits per heavy atom. The first-order valence-electron chi connectivity index (χ1n) is 6.23. The molecule has 3 rings (SSSR count). The molecular weight excluding hydrogens is 244 g/mol. The molecule has 0 saturated carbocycles. The lowest BCUT2D eigenvalue weighted by Gasteiger charge is -2.11. The number of nitrogens with one attached hydrogen (secondary N) is 3. The van der Waals surface area contributed by atoms with E-state index in [1.54, 1.807) is 24.5 Å². The zero-order chi connectivity index (χ0) is 13.2. The molecule has 0 spiro atoms. The van der Waals surface area contributed by atoms with Gasteiger partial charge < -0.3 is 15.6 Å². The quantitative estimate of drug-likeness (QED) is 0.752. The van der Waals surface area contributed by atoms with Crippen LogP contribution in [0.1, 0.15) is 23.2 Å². The van der Waals surface area contributed by atoms with Crippen molar-refractivity contribution in [1.29, 1.82) is 0 Å². The van der Waals surface area contributed by atoms with Crippen molar-refractivity contribution in [2.75, 3.05) is 6.54 Å². The van der Waals surface area contributed by atoms with Gasteiger partial charge in [0, 0.05) is 24.6 Å². The smallest absolute Gasteiger partial charge is 0.251 e. The second kappa shape index (κ2) is 4.72. The Labute approximate surface area is 109 Å². The van der Waals surface area contributed by atoms with Crippen LogP contribution in [-0.2, 0) is 4.79 Å². The van der Waals surface area contributed by atoms with Crippen LogP contribution in [0.5, 0.6) is 0 Å². The summed E-state index contributed by atoms with van der Waals surface area (Å²) in [6.07, 6.45) is 2.92. The second-order valence-electron chi connectivity index (χ2n) is 4.65. The van der Waals surface area contributed by atoms with Crippen molar-refractivity contribution in [3.05, 3.63) is 30.1 Å². The number of aromatic amines is 1. The van der Waals surface area contributed by atoms with Gasteiger partial charge in [0.05, 0.1) is 17.4 Å². The molecule has 98 valence electrons. The van der Waals surface area contributed by atoms with E-state index in [0.29, 0.717) is 18.5 Å². The van der Waals surface area contributed by atoms with Gasteiger partial charge in [-0.25, -0.2) is 4.98 Å². The molecule has 1 atom stereocenters. The van der Waals surface area contributed by atoms with Gasteiger partial charge in [0.1, 0.15) is 0 Å². The molecule has 1 aliphatic rings. The molecule has 2 amide bonds. The molecule has 6 heteroatoms. The van der Waals surface area contributed by atoms with Gasteiger partial charge in [-0.1, -0.05) is 0 Å². The summed E-state index contributed by atoms with van der Waals surface area (Å²) in [6.45, 7) is 0.464. The first kappa shape index (κ1) is 11.7. The van der Waals surface area contributed by atoms with E-state index in [-0.39, 0.29) is 17.9 Å². The fourth-order valence-corrected chi connectivity index (χ4v) is 2.23. The molecule has 1 aromatic carbocycles. The van der Waals surface area contributed by atoms with E-state index in [4.69, 9.17) is 0 Å². The maximum atomic E-state index is 12.0. The average molecular weight is 258 g/mol. The van der Waals surface area contributed by atoms with Crippen LogP contribution < -0.4 is 10.6 Å². The number of fused-ring (bicyclic) bond motifs is 1. The van der Waals surface area contributed by atoms with Crippen LogP contribution in [0.2, 0.25) is 0 Å². The van der Waals surface area contributed by atoms with Gasteiger partial charge in [-0.15, -0.1) is 0 Å². The molecule has 2 heterocycles. The molecule has 2 aromatic rings. The minimum atomic E-state index is -0.141. The number of hydrogen-bond donors (Lipinski definition) is 3. The Morgan fingerprint density at radius 2 is 2.37 bits per heavy atom. The van der Waals surface area contributed by atoms with Crippen LogP contribution in [0, 0.1) is 0 Å². The van der Waals surface area contributed by atoms with Gasteiger partial charge in [0.15, 0.2) is 0 Å². The maximum absolute atomic E-state index is 12.0. The Bertz CT molecular complexity index is 634. The summed E-state index contributed by atoms with van der Waals surface area (Å²) in [7, 11) is 0. The molecule has 6 nitrogen and oxygen atoms in total. The SMILES string of the molecule is O=C1CCC(CNC(=O)c2ccc3nc[nH]c3c2)N1. The molecule has 1 saturated heterocycles. The predicted octanol–water partition coefficient (Wildman–Crippen LogP) is 0.571. The number of carbonyl (C=O) groups excluding carboxylic acids is 2. The summed E-state index contributed by atoms with van der Waals surface area (Å²) in [4.78, 5) is 30.1. The molecule has 0 radical (unpaired) electrons. The van der Waals surface area contributed by atoms with E-state index in [1.165, 1.54) is 0 Å². The van der Waals surface area contributed by atoms with Gasteiger partial charge in [-0.05, 0) is 24.6 Å². The third kappa shape index (κ3) is 2.42. The first-order valence-corrected chi connectivity index (χ1v) is 6.23. The number of H-pyrrole nitrogens is 1. The molecule has 3 N–H and O–H groups in total. The predicted molar refractivity (Wildman–Crippen MR) is 69.6 cm³/mol. The van der Waals surface area contributed by atoms with E-state index in [1.807, 2.05) is 0 Å². The number of nitrogens with zero attached hydrogens (tertiary/aromatic N) is 1. The average Bonchev–Trinajstić information content (AvgIpc) is 3.03. The summed E-state index contributed by atoms with van der Waals surface area (Å²) in [5.74, 6) is -0.0872. The monoisotopic (exact) mass is 258 g/mol. The van der Waals surface area contributed by atoms with E-state index >= 15 is 0 Å². The Balaban J connectivity index is 1.64. The van der Waals surface area contributed by atoms with Gasteiger partial charge >= 0.3 is 0 Å². The fourth-order valence-electron chi connectivity index (χ4n) is 2.23. The van der Waals surface area contributed by atoms with E-state index in [0.717, 1.165) is 17.5 Å². The molecule has 1 aromatic heterocycles. The number of carbonyl (C=O) groups is 2. The van der Waals surface area contributed by atoms with Crippen LogP contribution in [0.15, 0.2) is 24.5 Å². The van der Waals surface area contributed by atoms with E-state index < -0.39 is 0 Å². The molecule has 19 heavy (non-hydrogen) atoms. The topological polar surface area (TPSA) is 86.9 Å². The normalized spacial score (nSPS) is 18.5. The molecule has 1 unspecified atom stereocenters. The standard InChI is InChI=1S/C13H14N4O2/c18-12-4-2-9(17-12)6-14-13(19)8-1-3-10-11(5-8)16-7-15-10/h1,3,5,7,9H,2,4,6H2,(H,14,19)(H,15,16)(H,17,18). The van der Waals surface area contributed by atoms with Crippen LogP contribution in [-0.4, -0.2) is 34.4 Å². The molecule has 1 aliphatic heterocycles. The van der Waals surface area contributed by atoms with Gasteiger partial charge in [-0.3, -0.25) is 9.59 Å². The Kier molecular flexibility index (Phi) is 2.91. The molecular formula is C13H14N4O2. The highest BCUT2D eigenvalue weighted by Gasteiger charge is 2.21. The van der Waals surface area contributed by atoms with Gasteiger partial charge in [0.25, 0.3) is 5.91 Å². The van der Waals surface area contributed by atoms with E-state index in [2.05, 4.69) is 20.6 Å². The minimum absolute atomic E-state index is 0.0485. The van der Waals surface area contributed by atoms with Gasteiger partial charge in [0.2, 0.25) is 5.91 Å². The summed E-state index contributed by atoms with van der Waals surface area (Å²) < 4.78 is 0. The first-order chi connectivity index (χ1) is 9.22. The lowest BCUT2D eigenvalue weighted by atomic mass is 10.1. The third-order valence-corrected chi connectivity index (χ3v) is 3.28. The van der Waals surface area contributed by atoms with Crippen molar-refractivity contribution >= 4 is 22.8 Å². The third-order valence-electron chi connectivity index (χ3n) is 3.28. The minimum Gasteiger partial charge on any atom is -0.352 e. The number of benzene rings is 1. The summed E-state index contributed by atoms with van der Waals surface area (Å²) in [6, 6.07) is 5.36. The zero-order valence-corrected chi connectivity index (χ0v) is 10.3. The highest BCUT2D eigenvalue weighted by atomic mass is 16.2.